The van der Waals surface area contributed by atoms with Gasteiger partial charge in [0.25, 0.3) is 0 Å². The van der Waals surface area contributed by atoms with Crippen molar-refractivity contribution in [3.8, 4) is 23.3 Å². The molecule has 0 atom stereocenters. The highest BCUT2D eigenvalue weighted by atomic mass is 16.5. The summed E-state index contributed by atoms with van der Waals surface area (Å²) in [5, 5.41) is 0. The molecule has 3 nitrogen and oxygen atoms in total. The smallest absolute Gasteiger partial charge is 0.149 e. The van der Waals surface area contributed by atoms with E-state index in [2.05, 4.69) is 11.8 Å². The molecule has 1 fully saturated rings. The molecule has 1 heterocycles. The number of rotatable bonds is 4. The van der Waals surface area contributed by atoms with Gasteiger partial charge in [-0.2, -0.15) is 0 Å². The van der Waals surface area contributed by atoms with E-state index in [4.69, 9.17) is 9.47 Å². The Morgan fingerprint density at radius 3 is 2.39 bits per heavy atom. The molecule has 2 rings (SSSR count). The molecule has 18 heavy (non-hydrogen) atoms. The summed E-state index contributed by atoms with van der Waals surface area (Å²) in [4.78, 5) is 1.60. The lowest BCUT2D eigenvalue weighted by molar-refractivity contribution is -0.879. The van der Waals surface area contributed by atoms with Crippen LogP contribution in [-0.4, -0.2) is 33.4 Å². The molecule has 0 amide bonds. The zero-order valence-electron chi connectivity index (χ0n) is 10.9. The number of benzene rings is 1. The normalized spacial score (nSPS) is 14.9. The van der Waals surface area contributed by atoms with Crippen LogP contribution in [-0.2, 0) is 0 Å². The van der Waals surface area contributed by atoms with Gasteiger partial charge in [-0.15, -0.1) is 0 Å². The highest BCUT2D eigenvalue weighted by Gasteiger charge is 2.12. The summed E-state index contributed by atoms with van der Waals surface area (Å²) in [5.74, 6) is 7.92. The fourth-order valence-corrected chi connectivity index (χ4v) is 2.08. The fourth-order valence-electron chi connectivity index (χ4n) is 2.08. The van der Waals surface area contributed by atoms with Crippen LogP contribution >= 0.6 is 0 Å². The number of methoxy groups -OCH3 is 1. The number of hydrogen-bond acceptors (Lipinski definition) is 2. The summed E-state index contributed by atoms with van der Waals surface area (Å²) in [6.07, 6.45) is 2.69. The van der Waals surface area contributed by atoms with Gasteiger partial charge in [0.1, 0.15) is 24.7 Å². The van der Waals surface area contributed by atoms with Crippen LogP contribution < -0.4 is 14.4 Å². The first-order valence-electron chi connectivity index (χ1n) is 6.44. The SMILES string of the molecule is COc1ccc(OCC#CC[NH+]2CCCC2)cc1. The summed E-state index contributed by atoms with van der Waals surface area (Å²) in [6, 6.07) is 7.56. The molecule has 0 radical (unpaired) electrons. The van der Waals surface area contributed by atoms with E-state index in [1.54, 1.807) is 12.0 Å². The van der Waals surface area contributed by atoms with Crippen LogP contribution in [0.3, 0.4) is 0 Å². The molecule has 1 aromatic rings. The van der Waals surface area contributed by atoms with Gasteiger partial charge in [0.15, 0.2) is 0 Å². The minimum absolute atomic E-state index is 0.458. The molecular formula is C15H20NO2+. The minimum atomic E-state index is 0.458. The summed E-state index contributed by atoms with van der Waals surface area (Å²) in [7, 11) is 1.65. The zero-order chi connectivity index (χ0) is 12.6. The maximum atomic E-state index is 5.53. The lowest BCUT2D eigenvalue weighted by Crippen LogP contribution is -3.09. The van der Waals surface area contributed by atoms with Crippen molar-refractivity contribution in [2.75, 3.05) is 33.4 Å². The molecule has 0 saturated carbocycles. The van der Waals surface area contributed by atoms with E-state index in [1.807, 2.05) is 24.3 Å². The van der Waals surface area contributed by atoms with Crippen LogP contribution in [0.25, 0.3) is 0 Å². The molecule has 1 N–H and O–H groups in total. The van der Waals surface area contributed by atoms with Crippen LogP contribution in [0.4, 0.5) is 0 Å². The second kappa shape index (κ2) is 6.93. The van der Waals surface area contributed by atoms with E-state index in [9.17, 15) is 0 Å². The first-order chi connectivity index (χ1) is 8.88. The van der Waals surface area contributed by atoms with Crippen molar-refractivity contribution in [2.24, 2.45) is 0 Å². The van der Waals surface area contributed by atoms with Gasteiger partial charge in [0, 0.05) is 12.8 Å². The monoisotopic (exact) mass is 246 g/mol. The number of hydrogen-bond donors (Lipinski definition) is 1. The average molecular weight is 246 g/mol. The molecule has 1 aliphatic rings. The first kappa shape index (κ1) is 12.8. The second-order valence-corrected chi connectivity index (χ2v) is 4.45. The third kappa shape index (κ3) is 3.97. The van der Waals surface area contributed by atoms with E-state index in [-0.39, 0.29) is 0 Å². The van der Waals surface area contributed by atoms with Gasteiger partial charge in [0.05, 0.1) is 20.2 Å². The Bertz CT molecular complexity index is 410. The molecule has 0 aliphatic carbocycles. The number of ether oxygens (including phenoxy) is 2. The van der Waals surface area contributed by atoms with Gasteiger partial charge in [-0.1, -0.05) is 5.92 Å². The lowest BCUT2D eigenvalue weighted by atomic mass is 10.3. The number of quaternary nitrogens is 1. The molecule has 0 aromatic heterocycles. The van der Waals surface area contributed by atoms with Gasteiger partial charge in [0.2, 0.25) is 0 Å². The van der Waals surface area contributed by atoms with Gasteiger partial charge in [-0.05, 0) is 30.2 Å². The Morgan fingerprint density at radius 2 is 1.72 bits per heavy atom. The van der Waals surface area contributed by atoms with Gasteiger partial charge >= 0.3 is 0 Å². The zero-order valence-corrected chi connectivity index (χ0v) is 10.9. The highest BCUT2D eigenvalue weighted by Crippen LogP contribution is 2.16. The summed E-state index contributed by atoms with van der Waals surface area (Å²) in [5.41, 5.74) is 0. The van der Waals surface area contributed by atoms with Gasteiger partial charge in [-0.3, -0.25) is 0 Å². The molecular weight excluding hydrogens is 226 g/mol. The first-order valence-corrected chi connectivity index (χ1v) is 6.44. The Hall–Kier alpha value is -1.66. The van der Waals surface area contributed by atoms with E-state index < -0.39 is 0 Å². The molecule has 1 aromatic carbocycles. The Morgan fingerprint density at radius 1 is 1.06 bits per heavy atom. The van der Waals surface area contributed by atoms with E-state index >= 15 is 0 Å². The maximum Gasteiger partial charge on any atom is 0.149 e. The molecule has 1 aliphatic heterocycles. The van der Waals surface area contributed by atoms with Crippen molar-refractivity contribution >= 4 is 0 Å². The van der Waals surface area contributed by atoms with Crippen LogP contribution in [0.15, 0.2) is 24.3 Å². The third-order valence-electron chi connectivity index (χ3n) is 3.14. The predicted octanol–water partition coefficient (Wildman–Crippen LogP) is 0.756. The Labute approximate surface area is 109 Å². The molecule has 0 spiro atoms. The largest absolute Gasteiger partial charge is 0.497 e. The van der Waals surface area contributed by atoms with Crippen molar-refractivity contribution in [3.63, 3.8) is 0 Å². The fraction of sp³-hybridized carbons (Fsp3) is 0.467. The second-order valence-electron chi connectivity index (χ2n) is 4.45. The summed E-state index contributed by atoms with van der Waals surface area (Å²) >= 11 is 0. The quantitative estimate of drug-likeness (QED) is 0.793. The molecule has 0 bridgehead atoms. The Kier molecular flexibility index (Phi) is 4.92. The standard InChI is InChI=1S/C15H19NO2/c1-17-14-6-8-15(9-7-14)18-13-5-4-12-16-10-2-3-11-16/h6-9H,2-3,10-13H2,1H3/p+1. The maximum absolute atomic E-state index is 5.53. The molecule has 3 heteroatoms. The topological polar surface area (TPSA) is 22.9 Å². The molecule has 1 saturated heterocycles. The van der Waals surface area contributed by atoms with Gasteiger partial charge in [-0.25, -0.2) is 0 Å². The summed E-state index contributed by atoms with van der Waals surface area (Å²) < 4.78 is 10.6. The average Bonchev–Trinajstić information content (AvgIpc) is 2.92. The van der Waals surface area contributed by atoms with E-state index in [1.165, 1.54) is 25.9 Å². The van der Waals surface area contributed by atoms with E-state index in [0.29, 0.717) is 6.61 Å². The predicted molar refractivity (Wildman–Crippen MR) is 71.1 cm³/mol. The van der Waals surface area contributed by atoms with Crippen LogP contribution in [0.5, 0.6) is 11.5 Å². The third-order valence-corrected chi connectivity index (χ3v) is 3.14. The Balaban J connectivity index is 1.69. The molecule has 0 unspecified atom stereocenters. The number of nitrogens with one attached hydrogen (secondary N) is 1. The van der Waals surface area contributed by atoms with Crippen LogP contribution in [0.2, 0.25) is 0 Å². The number of likely N-dealkylation sites (tertiary alicyclic amines) is 1. The van der Waals surface area contributed by atoms with Crippen LogP contribution in [0, 0.1) is 11.8 Å². The van der Waals surface area contributed by atoms with E-state index in [0.717, 1.165) is 18.0 Å². The van der Waals surface area contributed by atoms with Crippen molar-refractivity contribution in [1.29, 1.82) is 0 Å². The summed E-state index contributed by atoms with van der Waals surface area (Å²) in [6.45, 7) is 3.95. The minimum Gasteiger partial charge on any atom is -0.497 e. The van der Waals surface area contributed by atoms with Gasteiger partial charge < -0.3 is 14.4 Å². The van der Waals surface area contributed by atoms with Crippen molar-refractivity contribution in [3.05, 3.63) is 24.3 Å². The lowest BCUT2D eigenvalue weighted by Gasteiger charge is -2.06. The van der Waals surface area contributed by atoms with Crippen LogP contribution in [0.1, 0.15) is 12.8 Å². The molecule has 96 valence electrons. The van der Waals surface area contributed by atoms with Crippen molar-refractivity contribution in [1.82, 2.24) is 0 Å². The highest BCUT2D eigenvalue weighted by molar-refractivity contribution is 5.31. The van der Waals surface area contributed by atoms with Crippen molar-refractivity contribution < 1.29 is 14.4 Å². The van der Waals surface area contributed by atoms with Crippen molar-refractivity contribution in [2.45, 2.75) is 12.8 Å².